The minimum atomic E-state index is 0.848. The monoisotopic (exact) mass is 271 g/mol. The first-order valence-electron chi connectivity index (χ1n) is 3.02. The molecule has 0 aliphatic heterocycles. The molecule has 2 aromatic heterocycles. The van der Waals surface area contributed by atoms with E-state index in [0.717, 1.165) is 19.3 Å². The van der Waals surface area contributed by atoms with Gasteiger partial charge in [0.1, 0.15) is 5.52 Å². The molecule has 2 radical (unpaired) electrons. The van der Waals surface area contributed by atoms with Crippen LogP contribution in [0.1, 0.15) is 0 Å². The number of H-pyrrole nitrogens is 1. The fraction of sp³-hybridized carbons (Fsp3) is 0. The number of aromatic amines is 1. The molecular formula is C6H3AlIN3. The normalized spacial score (nSPS) is 10.6. The van der Waals surface area contributed by atoms with E-state index < -0.39 is 0 Å². The number of rotatable bonds is 0. The molecule has 0 amide bonds. The van der Waals surface area contributed by atoms with Crippen LogP contribution in [-0.2, 0) is 0 Å². The summed E-state index contributed by atoms with van der Waals surface area (Å²) in [5.74, 6) is 0. The van der Waals surface area contributed by atoms with Gasteiger partial charge in [-0.2, -0.15) is 0 Å². The van der Waals surface area contributed by atoms with Gasteiger partial charge < -0.3 is 4.98 Å². The van der Waals surface area contributed by atoms with Crippen LogP contribution in [0.5, 0.6) is 0 Å². The predicted octanol–water partition coefficient (Wildman–Crippen LogP) is 0.356. The third kappa shape index (κ3) is 1.28. The zero-order valence-electron chi connectivity index (χ0n) is 5.50. The number of nitrogens with one attached hydrogen (secondary N) is 1. The fourth-order valence-electron chi connectivity index (χ4n) is 0.875. The molecule has 3 nitrogen and oxygen atoms in total. The first kappa shape index (κ1) is 7.53. The number of aromatic nitrogens is 3. The highest BCUT2D eigenvalue weighted by atomic mass is 127. The summed E-state index contributed by atoms with van der Waals surface area (Å²) < 4.78 is 1.98. The van der Waals surface area contributed by atoms with Crippen LogP contribution in [0.25, 0.3) is 11.2 Å². The molecule has 52 valence electrons. The van der Waals surface area contributed by atoms with E-state index in [9.17, 15) is 0 Å². The first-order valence-corrected chi connectivity index (χ1v) is 4.68. The molecular weight excluding hydrogens is 268 g/mol. The van der Waals surface area contributed by atoms with Crippen LogP contribution in [0.15, 0.2) is 12.4 Å². The zero-order chi connectivity index (χ0) is 7.84. The van der Waals surface area contributed by atoms with Gasteiger partial charge in [-0.3, -0.25) is 4.98 Å². The Morgan fingerprint density at radius 1 is 1.55 bits per heavy atom. The molecule has 11 heavy (non-hydrogen) atoms. The third-order valence-electron chi connectivity index (χ3n) is 1.35. The van der Waals surface area contributed by atoms with Crippen molar-refractivity contribution >= 4 is 54.6 Å². The lowest BCUT2D eigenvalue weighted by Gasteiger charge is -1.91. The summed E-state index contributed by atoms with van der Waals surface area (Å²) in [5.41, 5.74) is 1.79. The predicted molar refractivity (Wildman–Crippen MR) is 52.0 cm³/mol. The molecule has 0 fully saturated rings. The van der Waals surface area contributed by atoms with Crippen LogP contribution in [0.4, 0.5) is 0 Å². The van der Waals surface area contributed by atoms with Gasteiger partial charge in [-0.25, -0.2) is 4.98 Å². The highest BCUT2D eigenvalue weighted by Gasteiger charge is 2.01. The molecule has 0 saturated carbocycles. The van der Waals surface area contributed by atoms with E-state index in [1.54, 1.807) is 6.20 Å². The van der Waals surface area contributed by atoms with Crippen LogP contribution in [-0.4, -0.2) is 31.2 Å². The molecule has 0 spiro atoms. The van der Waals surface area contributed by atoms with Crippen molar-refractivity contribution < 1.29 is 0 Å². The summed E-state index contributed by atoms with van der Waals surface area (Å²) in [6.45, 7) is 0. The van der Waals surface area contributed by atoms with Crippen LogP contribution in [0.2, 0.25) is 0 Å². The molecule has 0 bridgehead atoms. The molecule has 0 aromatic carbocycles. The second kappa shape index (κ2) is 2.74. The number of hydrogen-bond donors (Lipinski definition) is 1. The Hall–Kier alpha value is -0.118. The molecule has 2 rings (SSSR count). The minimum absolute atomic E-state index is 0.848. The van der Waals surface area contributed by atoms with Crippen LogP contribution < -0.4 is 4.56 Å². The highest BCUT2D eigenvalue weighted by molar-refractivity contribution is 14.1. The van der Waals surface area contributed by atoms with Crippen LogP contribution >= 0.6 is 22.6 Å². The van der Waals surface area contributed by atoms with Gasteiger partial charge in [-0.1, -0.05) is 0 Å². The van der Waals surface area contributed by atoms with Gasteiger partial charge in [0, 0.05) is 12.4 Å². The lowest BCUT2D eigenvalue weighted by Crippen LogP contribution is -2.08. The molecule has 5 heteroatoms. The van der Waals surface area contributed by atoms with Gasteiger partial charge >= 0.3 is 0 Å². The van der Waals surface area contributed by atoms with Gasteiger partial charge in [0.25, 0.3) is 0 Å². The standard InChI is InChI=1S/C6H3IN3.Al/c7-4-3-10-6-5(4)8-1-2-9-6;/h2-3H,(H,9,10);. The number of fused-ring (bicyclic) bond motifs is 1. The Morgan fingerprint density at radius 3 is 3.18 bits per heavy atom. The van der Waals surface area contributed by atoms with E-state index >= 15 is 0 Å². The van der Waals surface area contributed by atoms with Crippen LogP contribution in [0, 0.1) is 3.57 Å². The highest BCUT2D eigenvalue weighted by Crippen LogP contribution is 2.13. The molecule has 0 aliphatic rings. The fourth-order valence-corrected chi connectivity index (χ4v) is 1.61. The van der Waals surface area contributed by atoms with E-state index in [-0.39, 0.29) is 0 Å². The molecule has 1 N–H and O–H groups in total. The Bertz CT molecular complexity index is 398. The summed E-state index contributed by atoms with van der Waals surface area (Å²) in [6.07, 6.45) is 3.62. The van der Waals surface area contributed by atoms with Crippen molar-refractivity contribution in [2.45, 2.75) is 0 Å². The van der Waals surface area contributed by atoms with Crippen molar-refractivity contribution in [3.63, 3.8) is 0 Å². The van der Waals surface area contributed by atoms with E-state index in [4.69, 9.17) is 0 Å². The van der Waals surface area contributed by atoms with Crippen molar-refractivity contribution in [2.24, 2.45) is 0 Å². The molecule has 0 aliphatic carbocycles. The zero-order valence-corrected chi connectivity index (χ0v) is 8.82. The van der Waals surface area contributed by atoms with Crippen molar-refractivity contribution in [1.82, 2.24) is 15.0 Å². The Morgan fingerprint density at radius 2 is 2.36 bits per heavy atom. The Labute approximate surface area is 85.2 Å². The number of nitrogens with zero attached hydrogens (tertiary/aromatic N) is 2. The van der Waals surface area contributed by atoms with Gasteiger partial charge in [0.15, 0.2) is 5.65 Å². The molecule has 0 unspecified atom stereocenters. The quantitative estimate of drug-likeness (QED) is 0.555. The molecule has 0 atom stereocenters. The number of halogens is 1. The summed E-state index contributed by atoms with van der Waals surface area (Å²) >= 11 is 4.75. The maximum absolute atomic E-state index is 4.30. The largest absolute Gasteiger partial charge is 0.344 e. The average molecular weight is 271 g/mol. The van der Waals surface area contributed by atoms with Crippen LogP contribution in [0.3, 0.4) is 0 Å². The first-order chi connectivity index (χ1) is 5.27. The van der Waals surface area contributed by atoms with E-state index in [1.807, 2.05) is 6.20 Å². The van der Waals surface area contributed by atoms with E-state index in [2.05, 4.69) is 53.8 Å². The second-order valence-electron chi connectivity index (χ2n) is 2.13. The van der Waals surface area contributed by atoms with Gasteiger partial charge in [-0.05, 0) is 27.1 Å². The van der Waals surface area contributed by atoms with Crippen molar-refractivity contribution in [1.29, 1.82) is 0 Å². The molecule has 2 heterocycles. The Balaban J connectivity index is 2.87. The van der Waals surface area contributed by atoms with E-state index in [1.165, 1.54) is 0 Å². The van der Waals surface area contributed by atoms with Crippen molar-refractivity contribution in [3.8, 4) is 0 Å². The summed E-state index contributed by atoms with van der Waals surface area (Å²) in [4.78, 5) is 11.5. The van der Waals surface area contributed by atoms with Crippen molar-refractivity contribution in [3.05, 3.63) is 16.0 Å². The lowest BCUT2D eigenvalue weighted by molar-refractivity contribution is 1.29. The number of hydrogen-bond acceptors (Lipinski definition) is 2. The summed E-state index contributed by atoms with van der Waals surface area (Å²) in [5, 5.41) is 0. The lowest BCUT2D eigenvalue weighted by atomic mass is 10.5. The molecule has 2 aromatic rings. The minimum Gasteiger partial charge on any atom is -0.344 e. The maximum atomic E-state index is 4.30. The summed E-state index contributed by atoms with van der Waals surface area (Å²) in [7, 11) is 0. The Kier molecular flexibility index (Phi) is 1.87. The second-order valence-corrected chi connectivity index (χ2v) is 3.88. The average Bonchev–Trinajstić information content (AvgIpc) is 2.33. The SMILES string of the molecule is [Al][c]1cnc2[nH]cc(I)c2n1. The smallest absolute Gasteiger partial charge is 0.212 e. The van der Waals surface area contributed by atoms with Gasteiger partial charge in [0.2, 0.25) is 16.3 Å². The maximum Gasteiger partial charge on any atom is 0.212 e. The van der Waals surface area contributed by atoms with Crippen molar-refractivity contribution in [2.75, 3.05) is 0 Å². The van der Waals surface area contributed by atoms with Gasteiger partial charge in [-0.15, -0.1) is 0 Å². The molecule has 0 saturated heterocycles. The topological polar surface area (TPSA) is 41.6 Å². The third-order valence-corrected chi connectivity index (χ3v) is 2.45. The van der Waals surface area contributed by atoms with Gasteiger partial charge in [0.05, 0.1) is 3.57 Å². The van der Waals surface area contributed by atoms with E-state index in [0.29, 0.717) is 0 Å². The summed E-state index contributed by atoms with van der Waals surface area (Å²) in [6, 6.07) is 0.